The minimum Gasteiger partial charge on any atom is -0.287 e. The molecule has 0 aliphatic carbocycles. The molecule has 0 saturated carbocycles. The molecule has 0 aliphatic rings. The average Bonchev–Trinajstić information content (AvgIpc) is 3.15. The molecule has 0 fully saturated rings. The molecule has 1 aromatic carbocycles. The Labute approximate surface area is 124 Å². The van der Waals surface area contributed by atoms with Crippen molar-refractivity contribution < 1.29 is 4.79 Å². The van der Waals surface area contributed by atoms with E-state index in [0.717, 1.165) is 5.69 Å². The highest BCUT2D eigenvalue weighted by Crippen LogP contribution is 2.13. The van der Waals surface area contributed by atoms with Gasteiger partial charge in [0.1, 0.15) is 0 Å². The van der Waals surface area contributed by atoms with E-state index in [9.17, 15) is 4.79 Å². The highest BCUT2D eigenvalue weighted by molar-refractivity contribution is 7.03. The molecule has 0 aliphatic heterocycles. The van der Waals surface area contributed by atoms with Gasteiger partial charge in [-0.3, -0.25) is 4.79 Å². The standard InChI is InChI=1S/C14H11N5OS/c1-10-14(13(20)8-7-11-9-21-18-15-11)16-17-19(10)12-5-3-2-4-6-12/h2-9H,1H3/b8-7-. The molecule has 6 nitrogen and oxygen atoms in total. The van der Waals surface area contributed by atoms with Crippen LogP contribution >= 0.6 is 11.5 Å². The predicted molar refractivity (Wildman–Crippen MR) is 79.4 cm³/mol. The third-order valence-electron chi connectivity index (χ3n) is 2.91. The normalized spacial score (nSPS) is 11.1. The molecule has 0 saturated heterocycles. The predicted octanol–water partition coefficient (Wildman–Crippen LogP) is 2.32. The number of aromatic nitrogens is 5. The van der Waals surface area contributed by atoms with Crippen molar-refractivity contribution in [2.45, 2.75) is 6.92 Å². The van der Waals surface area contributed by atoms with Gasteiger partial charge in [0.25, 0.3) is 0 Å². The van der Waals surface area contributed by atoms with E-state index in [4.69, 9.17) is 0 Å². The molecule has 7 heteroatoms. The highest BCUT2D eigenvalue weighted by Gasteiger charge is 2.15. The van der Waals surface area contributed by atoms with Gasteiger partial charge in [-0.05, 0) is 42.7 Å². The van der Waals surface area contributed by atoms with Gasteiger partial charge in [-0.2, -0.15) is 0 Å². The molecule has 2 aromatic heterocycles. The highest BCUT2D eigenvalue weighted by atomic mass is 32.1. The Morgan fingerprint density at radius 3 is 2.76 bits per heavy atom. The van der Waals surface area contributed by atoms with Crippen molar-refractivity contribution in [1.29, 1.82) is 0 Å². The number of carbonyl (C=O) groups is 1. The Balaban J connectivity index is 1.87. The van der Waals surface area contributed by atoms with Gasteiger partial charge in [0.15, 0.2) is 5.69 Å². The van der Waals surface area contributed by atoms with E-state index in [2.05, 4.69) is 19.9 Å². The second-order valence-electron chi connectivity index (χ2n) is 4.30. The minimum absolute atomic E-state index is 0.206. The van der Waals surface area contributed by atoms with E-state index in [1.165, 1.54) is 17.6 Å². The van der Waals surface area contributed by atoms with Gasteiger partial charge in [0, 0.05) is 5.38 Å². The van der Waals surface area contributed by atoms with Gasteiger partial charge in [-0.1, -0.05) is 27.9 Å². The number of benzene rings is 1. The third-order valence-corrected chi connectivity index (χ3v) is 3.43. The number of para-hydroxylation sites is 1. The Kier molecular flexibility index (Phi) is 3.65. The summed E-state index contributed by atoms with van der Waals surface area (Å²) in [6, 6.07) is 9.56. The van der Waals surface area contributed by atoms with Gasteiger partial charge >= 0.3 is 0 Å². The first-order chi connectivity index (χ1) is 10.3. The van der Waals surface area contributed by atoms with Crippen molar-refractivity contribution in [3.63, 3.8) is 0 Å². The molecule has 21 heavy (non-hydrogen) atoms. The molecule has 104 valence electrons. The molecule has 0 unspecified atom stereocenters. The van der Waals surface area contributed by atoms with Crippen LogP contribution in [-0.2, 0) is 0 Å². The van der Waals surface area contributed by atoms with E-state index in [0.29, 0.717) is 17.1 Å². The molecule has 3 rings (SSSR count). The molecule has 0 bridgehead atoms. The van der Waals surface area contributed by atoms with E-state index in [1.807, 2.05) is 37.3 Å². The van der Waals surface area contributed by atoms with Crippen LogP contribution in [0.2, 0.25) is 0 Å². The maximum atomic E-state index is 12.2. The van der Waals surface area contributed by atoms with Crippen LogP contribution in [-0.4, -0.2) is 30.4 Å². The first-order valence-corrected chi connectivity index (χ1v) is 7.06. The molecule has 2 heterocycles. The van der Waals surface area contributed by atoms with E-state index in [-0.39, 0.29) is 5.78 Å². The second kappa shape index (κ2) is 5.76. The Morgan fingerprint density at radius 1 is 1.24 bits per heavy atom. The van der Waals surface area contributed by atoms with Crippen molar-refractivity contribution in [3.05, 3.63) is 58.9 Å². The molecule has 0 amide bonds. The summed E-state index contributed by atoms with van der Waals surface area (Å²) >= 11 is 1.24. The SMILES string of the molecule is Cc1c(C(=O)/C=C\c2csnn2)nnn1-c1ccccc1. The molecule has 0 atom stereocenters. The number of carbonyl (C=O) groups excluding carboxylic acids is 1. The summed E-state index contributed by atoms with van der Waals surface area (Å²) in [5.41, 5.74) is 2.56. The monoisotopic (exact) mass is 297 g/mol. The number of hydrogen-bond donors (Lipinski definition) is 0. The van der Waals surface area contributed by atoms with E-state index in [1.54, 1.807) is 16.1 Å². The summed E-state index contributed by atoms with van der Waals surface area (Å²) in [7, 11) is 0. The molecular weight excluding hydrogens is 286 g/mol. The first-order valence-electron chi connectivity index (χ1n) is 6.23. The zero-order valence-corrected chi connectivity index (χ0v) is 12.0. The summed E-state index contributed by atoms with van der Waals surface area (Å²) in [5, 5.41) is 13.6. The number of rotatable bonds is 4. The van der Waals surface area contributed by atoms with E-state index >= 15 is 0 Å². The largest absolute Gasteiger partial charge is 0.287 e. The van der Waals surface area contributed by atoms with Crippen molar-refractivity contribution in [2.75, 3.05) is 0 Å². The smallest absolute Gasteiger partial charge is 0.208 e. The maximum absolute atomic E-state index is 12.2. The molecular formula is C14H11N5OS. The lowest BCUT2D eigenvalue weighted by Crippen LogP contribution is -2.01. The lowest BCUT2D eigenvalue weighted by molar-refractivity contribution is 0.104. The maximum Gasteiger partial charge on any atom is 0.208 e. The van der Waals surface area contributed by atoms with Crippen LogP contribution in [0.15, 0.2) is 41.8 Å². The fourth-order valence-electron chi connectivity index (χ4n) is 1.86. The first kappa shape index (κ1) is 13.3. The second-order valence-corrected chi connectivity index (χ2v) is 4.91. The van der Waals surface area contributed by atoms with Crippen LogP contribution in [0, 0.1) is 6.92 Å². The van der Waals surface area contributed by atoms with Gasteiger partial charge in [0.05, 0.1) is 17.1 Å². The van der Waals surface area contributed by atoms with Crippen LogP contribution in [0.1, 0.15) is 21.9 Å². The Hall–Kier alpha value is -2.67. The van der Waals surface area contributed by atoms with Crippen molar-refractivity contribution >= 4 is 23.4 Å². The van der Waals surface area contributed by atoms with Crippen LogP contribution in [0.4, 0.5) is 0 Å². The average molecular weight is 297 g/mol. The molecule has 0 radical (unpaired) electrons. The number of allylic oxidation sites excluding steroid dienone is 1. The Morgan fingerprint density at radius 2 is 2.05 bits per heavy atom. The number of nitrogens with zero attached hydrogens (tertiary/aromatic N) is 5. The quantitative estimate of drug-likeness (QED) is 0.546. The lowest BCUT2D eigenvalue weighted by atomic mass is 10.2. The summed E-state index contributed by atoms with van der Waals surface area (Å²) in [6.45, 7) is 1.82. The van der Waals surface area contributed by atoms with Crippen LogP contribution in [0.5, 0.6) is 0 Å². The topological polar surface area (TPSA) is 73.6 Å². The van der Waals surface area contributed by atoms with Crippen molar-refractivity contribution in [3.8, 4) is 5.69 Å². The van der Waals surface area contributed by atoms with Crippen LogP contribution in [0.3, 0.4) is 0 Å². The minimum atomic E-state index is -0.206. The van der Waals surface area contributed by atoms with Crippen LogP contribution < -0.4 is 0 Å². The molecule has 3 aromatic rings. The van der Waals surface area contributed by atoms with Crippen molar-refractivity contribution in [1.82, 2.24) is 24.6 Å². The summed E-state index contributed by atoms with van der Waals surface area (Å²) < 4.78 is 5.38. The van der Waals surface area contributed by atoms with Gasteiger partial charge in [-0.25, -0.2) is 4.68 Å². The third kappa shape index (κ3) is 2.77. The zero-order valence-electron chi connectivity index (χ0n) is 11.2. The van der Waals surface area contributed by atoms with Crippen molar-refractivity contribution in [2.24, 2.45) is 0 Å². The lowest BCUT2D eigenvalue weighted by Gasteiger charge is -2.01. The summed E-state index contributed by atoms with van der Waals surface area (Å²) in [6.07, 6.45) is 3.05. The molecule has 0 spiro atoms. The van der Waals surface area contributed by atoms with Crippen LogP contribution in [0.25, 0.3) is 11.8 Å². The van der Waals surface area contributed by atoms with Gasteiger partial charge in [-0.15, -0.1) is 10.2 Å². The van der Waals surface area contributed by atoms with Gasteiger partial charge < -0.3 is 0 Å². The summed E-state index contributed by atoms with van der Waals surface area (Å²) in [5.74, 6) is -0.206. The molecule has 0 N–H and O–H groups in total. The summed E-state index contributed by atoms with van der Waals surface area (Å²) in [4.78, 5) is 12.2. The fourth-order valence-corrected chi connectivity index (χ4v) is 2.28. The van der Waals surface area contributed by atoms with Gasteiger partial charge in [0.2, 0.25) is 5.78 Å². The fraction of sp³-hybridized carbons (Fsp3) is 0.0714. The Bertz CT molecular complexity index is 777. The number of ketones is 1. The van der Waals surface area contributed by atoms with E-state index < -0.39 is 0 Å². The zero-order chi connectivity index (χ0) is 14.7. The number of hydrogen-bond acceptors (Lipinski definition) is 6.